The summed E-state index contributed by atoms with van der Waals surface area (Å²) in [7, 11) is 0. The number of carbonyl (C=O) groups excluding carboxylic acids is 1. The number of benzene rings is 2. The molecule has 0 aliphatic carbocycles. The van der Waals surface area contributed by atoms with Gasteiger partial charge < -0.3 is 14.8 Å². The van der Waals surface area contributed by atoms with Crippen molar-refractivity contribution in [3.05, 3.63) is 54.1 Å². The molecule has 1 amide bonds. The fraction of sp³-hybridized carbons (Fsp3) is 0.417. The number of rotatable bonds is 12. The van der Waals surface area contributed by atoms with Crippen molar-refractivity contribution in [3.8, 4) is 11.5 Å². The lowest BCUT2D eigenvalue weighted by atomic mass is 10.2. The number of hydrogen-bond acceptors (Lipinski definition) is 4. The van der Waals surface area contributed by atoms with Gasteiger partial charge in [-0.1, -0.05) is 45.6 Å². The van der Waals surface area contributed by atoms with Crippen LogP contribution in [-0.2, 0) is 0 Å². The van der Waals surface area contributed by atoms with Crippen LogP contribution in [-0.4, -0.2) is 24.2 Å². The minimum Gasteiger partial charge on any atom is -0.494 e. The third-order valence-corrected chi connectivity index (χ3v) is 4.63. The van der Waals surface area contributed by atoms with Crippen LogP contribution in [0.2, 0.25) is 0 Å². The van der Waals surface area contributed by atoms with Gasteiger partial charge in [0.15, 0.2) is 5.11 Å². The van der Waals surface area contributed by atoms with E-state index in [1.807, 2.05) is 36.4 Å². The summed E-state index contributed by atoms with van der Waals surface area (Å²) in [4.78, 5) is 12.4. The van der Waals surface area contributed by atoms with Gasteiger partial charge in [-0.2, -0.15) is 0 Å². The molecular weight excluding hydrogens is 396 g/mol. The summed E-state index contributed by atoms with van der Waals surface area (Å²) >= 11 is 5.26. The zero-order valence-electron chi connectivity index (χ0n) is 17.9. The van der Waals surface area contributed by atoms with Crippen molar-refractivity contribution < 1.29 is 14.3 Å². The Balaban J connectivity index is 1.77. The van der Waals surface area contributed by atoms with Crippen LogP contribution in [0.3, 0.4) is 0 Å². The second-order valence-corrected chi connectivity index (χ2v) is 7.48. The minimum atomic E-state index is -0.267. The molecular formula is C24H32N2O3S. The number of thiocarbonyl (C=S) groups is 1. The molecule has 0 saturated heterocycles. The number of anilines is 1. The lowest BCUT2D eigenvalue weighted by Gasteiger charge is -2.12. The first kappa shape index (κ1) is 23.7. The Hall–Kier alpha value is -2.60. The smallest absolute Gasteiger partial charge is 0.257 e. The summed E-state index contributed by atoms with van der Waals surface area (Å²) in [5.74, 6) is 1.26. The van der Waals surface area contributed by atoms with Crippen LogP contribution in [0.25, 0.3) is 0 Å². The second-order valence-electron chi connectivity index (χ2n) is 7.07. The molecule has 0 atom stereocenters. The quantitative estimate of drug-likeness (QED) is 0.323. The molecule has 0 aliphatic heterocycles. The Kier molecular flexibility index (Phi) is 10.7. The molecule has 0 saturated carbocycles. The summed E-state index contributed by atoms with van der Waals surface area (Å²) in [6.07, 6.45) is 6.94. The van der Waals surface area contributed by atoms with Crippen molar-refractivity contribution in [3.63, 3.8) is 0 Å². The number of ether oxygens (including phenoxy) is 2. The van der Waals surface area contributed by atoms with Gasteiger partial charge in [-0.3, -0.25) is 10.1 Å². The Morgan fingerprint density at radius 1 is 0.867 bits per heavy atom. The van der Waals surface area contributed by atoms with Crippen LogP contribution in [0.15, 0.2) is 48.5 Å². The summed E-state index contributed by atoms with van der Waals surface area (Å²) < 4.78 is 11.3. The van der Waals surface area contributed by atoms with Gasteiger partial charge >= 0.3 is 0 Å². The van der Waals surface area contributed by atoms with E-state index in [1.165, 1.54) is 25.7 Å². The summed E-state index contributed by atoms with van der Waals surface area (Å²) in [5.41, 5.74) is 1.28. The molecule has 0 aliphatic rings. The van der Waals surface area contributed by atoms with E-state index in [9.17, 15) is 4.79 Å². The van der Waals surface area contributed by atoms with Crippen molar-refractivity contribution in [1.82, 2.24) is 5.32 Å². The number of unbranched alkanes of at least 4 members (excludes halogenated alkanes) is 4. The number of carbonyl (C=O) groups is 1. The Morgan fingerprint density at radius 2 is 1.60 bits per heavy atom. The Morgan fingerprint density at radius 3 is 2.33 bits per heavy atom. The van der Waals surface area contributed by atoms with Crippen molar-refractivity contribution >= 4 is 28.9 Å². The molecule has 0 bridgehead atoms. The van der Waals surface area contributed by atoms with Gasteiger partial charge in [0.2, 0.25) is 0 Å². The van der Waals surface area contributed by atoms with E-state index in [1.54, 1.807) is 12.1 Å². The normalized spacial score (nSPS) is 10.3. The molecule has 2 rings (SSSR count). The van der Waals surface area contributed by atoms with Gasteiger partial charge in [-0.05, 0) is 61.5 Å². The van der Waals surface area contributed by atoms with Crippen LogP contribution >= 0.6 is 12.2 Å². The van der Waals surface area contributed by atoms with Crippen molar-refractivity contribution in [2.75, 3.05) is 18.5 Å². The average Bonchev–Trinajstić information content (AvgIpc) is 2.75. The maximum absolute atomic E-state index is 12.4. The molecule has 0 fully saturated rings. The standard InChI is InChI=1S/C24H32N2O3S/c1-3-5-6-7-8-17-29-21-14-12-19(13-15-21)23(27)26-24(30)25-20-10-9-11-22(18-20)28-16-4-2/h9-15,18H,3-8,16-17H2,1-2H3,(H2,25,26,27,30). The van der Waals surface area contributed by atoms with Gasteiger partial charge in [-0.15, -0.1) is 0 Å². The fourth-order valence-corrected chi connectivity index (χ4v) is 3.03. The third kappa shape index (κ3) is 8.82. The molecule has 30 heavy (non-hydrogen) atoms. The Labute approximate surface area is 185 Å². The zero-order chi connectivity index (χ0) is 21.6. The predicted molar refractivity (Wildman–Crippen MR) is 127 cm³/mol. The molecule has 2 aromatic rings. The van der Waals surface area contributed by atoms with Gasteiger partial charge in [0, 0.05) is 17.3 Å². The zero-order valence-corrected chi connectivity index (χ0v) is 18.7. The highest BCUT2D eigenvalue weighted by Gasteiger charge is 2.09. The minimum absolute atomic E-state index is 0.236. The molecule has 2 aromatic carbocycles. The highest BCUT2D eigenvalue weighted by atomic mass is 32.1. The summed E-state index contributed by atoms with van der Waals surface area (Å²) in [6, 6.07) is 14.6. The van der Waals surface area contributed by atoms with Crippen LogP contribution in [0.1, 0.15) is 62.7 Å². The average molecular weight is 429 g/mol. The largest absolute Gasteiger partial charge is 0.494 e. The molecule has 0 aromatic heterocycles. The lowest BCUT2D eigenvalue weighted by molar-refractivity contribution is 0.0977. The maximum atomic E-state index is 12.4. The first-order valence-electron chi connectivity index (χ1n) is 10.7. The molecule has 0 unspecified atom stereocenters. The van der Waals surface area contributed by atoms with Crippen molar-refractivity contribution in [2.45, 2.75) is 52.4 Å². The molecule has 2 N–H and O–H groups in total. The summed E-state index contributed by atoms with van der Waals surface area (Å²) in [6.45, 7) is 5.62. The SMILES string of the molecule is CCCCCCCOc1ccc(C(=O)NC(=S)Nc2cccc(OCCC)c2)cc1. The topological polar surface area (TPSA) is 59.6 Å². The number of nitrogens with one attached hydrogen (secondary N) is 2. The van der Waals surface area contributed by atoms with E-state index in [4.69, 9.17) is 21.7 Å². The van der Waals surface area contributed by atoms with Gasteiger partial charge in [0.05, 0.1) is 13.2 Å². The molecule has 0 spiro atoms. The highest BCUT2D eigenvalue weighted by Crippen LogP contribution is 2.18. The van der Waals surface area contributed by atoms with Crippen molar-refractivity contribution in [1.29, 1.82) is 0 Å². The third-order valence-electron chi connectivity index (χ3n) is 4.42. The first-order chi connectivity index (χ1) is 14.6. The van der Waals surface area contributed by atoms with E-state index in [0.29, 0.717) is 18.8 Å². The van der Waals surface area contributed by atoms with Gasteiger partial charge in [0.1, 0.15) is 11.5 Å². The number of amides is 1. The first-order valence-corrected chi connectivity index (χ1v) is 11.1. The molecule has 0 heterocycles. The summed E-state index contributed by atoms with van der Waals surface area (Å²) in [5, 5.41) is 5.95. The van der Waals surface area contributed by atoms with E-state index in [0.717, 1.165) is 30.0 Å². The molecule has 162 valence electrons. The molecule has 6 heteroatoms. The van der Waals surface area contributed by atoms with E-state index >= 15 is 0 Å². The Bertz CT molecular complexity index is 793. The van der Waals surface area contributed by atoms with Crippen LogP contribution in [0.5, 0.6) is 11.5 Å². The van der Waals surface area contributed by atoms with Crippen LogP contribution in [0.4, 0.5) is 5.69 Å². The molecule has 5 nitrogen and oxygen atoms in total. The predicted octanol–water partition coefficient (Wildman–Crippen LogP) is 5.95. The van der Waals surface area contributed by atoms with E-state index in [-0.39, 0.29) is 11.0 Å². The van der Waals surface area contributed by atoms with Crippen LogP contribution in [0, 0.1) is 0 Å². The van der Waals surface area contributed by atoms with Gasteiger partial charge in [-0.25, -0.2) is 0 Å². The second kappa shape index (κ2) is 13.6. The van der Waals surface area contributed by atoms with Gasteiger partial charge in [0.25, 0.3) is 5.91 Å². The lowest BCUT2D eigenvalue weighted by Crippen LogP contribution is -2.34. The fourth-order valence-electron chi connectivity index (χ4n) is 2.82. The molecule has 0 radical (unpaired) electrons. The van der Waals surface area contributed by atoms with E-state index in [2.05, 4.69) is 24.5 Å². The number of hydrogen-bond donors (Lipinski definition) is 2. The van der Waals surface area contributed by atoms with E-state index < -0.39 is 0 Å². The van der Waals surface area contributed by atoms with Crippen LogP contribution < -0.4 is 20.1 Å². The van der Waals surface area contributed by atoms with Crippen molar-refractivity contribution in [2.24, 2.45) is 0 Å². The highest BCUT2D eigenvalue weighted by molar-refractivity contribution is 7.80. The maximum Gasteiger partial charge on any atom is 0.257 e. The monoisotopic (exact) mass is 428 g/mol.